The van der Waals surface area contributed by atoms with Gasteiger partial charge in [0.2, 0.25) is 0 Å². The lowest BCUT2D eigenvalue weighted by molar-refractivity contribution is -0.134. The number of aromatic nitrogens is 3. The van der Waals surface area contributed by atoms with Crippen molar-refractivity contribution in [2.24, 2.45) is 0 Å². The molecular weight excluding hydrogens is 441 g/mol. The van der Waals surface area contributed by atoms with Crippen LogP contribution < -0.4 is 14.8 Å². The number of nitrogens with zero attached hydrogens (tertiary/aromatic N) is 4. The van der Waals surface area contributed by atoms with Gasteiger partial charge in [-0.25, -0.2) is 14.1 Å². The van der Waals surface area contributed by atoms with Crippen molar-refractivity contribution >= 4 is 17.5 Å². The highest BCUT2D eigenvalue weighted by Gasteiger charge is 2.19. The van der Waals surface area contributed by atoms with Crippen LogP contribution in [0.1, 0.15) is 36.5 Å². The van der Waals surface area contributed by atoms with Crippen molar-refractivity contribution in [3.8, 4) is 17.2 Å². The number of benzene rings is 2. The summed E-state index contributed by atoms with van der Waals surface area (Å²) >= 11 is 0. The number of piperidine rings is 1. The molecule has 0 atom stereocenters. The second kappa shape index (κ2) is 10.8. The van der Waals surface area contributed by atoms with Crippen molar-refractivity contribution in [1.29, 1.82) is 0 Å². The van der Waals surface area contributed by atoms with Crippen LogP contribution in [0.2, 0.25) is 0 Å². The summed E-state index contributed by atoms with van der Waals surface area (Å²) in [5, 5.41) is 6.57. The molecule has 9 nitrogen and oxygen atoms in total. The first kappa shape index (κ1) is 23.2. The zero-order valence-electron chi connectivity index (χ0n) is 18.9. The largest absolute Gasteiger partial charge is 0.490 e. The van der Waals surface area contributed by atoms with Gasteiger partial charge in [0.15, 0.2) is 23.9 Å². The number of halogens is 1. The topological polar surface area (TPSA) is 98.6 Å². The maximum absolute atomic E-state index is 14.5. The summed E-state index contributed by atoms with van der Waals surface area (Å²) in [6.45, 7) is 3.58. The van der Waals surface area contributed by atoms with E-state index in [4.69, 9.17) is 9.47 Å². The number of hydrogen-bond acceptors (Lipinski definition) is 6. The summed E-state index contributed by atoms with van der Waals surface area (Å²) in [7, 11) is 0. The number of carbonyl (C=O) groups is 2. The second-order valence-electron chi connectivity index (χ2n) is 7.79. The van der Waals surface area contributed by atoms with E-state index < -0.39 is 11.7 Å². The summed E-state index contributed by atoms with van der Waals surface area (Å²) < 4.78 is 27.1. The van der Waals surface area contributed by atoms with Gasteiger partial charge in [-0.05, 0) is 62.6 Å². The van der Waals surface area contributed by atoms with E-state index in [9.17, 15) is 14.0 Å². The molecule has 1 aromatic heterocycles. The highest BCUT2D eigenvalue weighted by atomic mass is 19.1. The van der Waals surface area contributed by atoms with E-state index in [0.29, 0.717) is 23.7 Å². The lowest BCUT2D eigenvalue weighted by Crippen LogP contribution is -2.38. The molecule has 1 aliphatic heterocycles. The van der Waals surface area contributed by atoms with Crippen molar-refractivity contribution in [2.45, 2.75) is 26.2 Å². The van der Waals surface area contributed by atoms with Gasteiger partial charge in [-0.1, -0.05) is 0 Å². The number of hydrogen-bond donors (Lipinski definition) is 1. The normalized spacial score (nSPS) is 13.4. The fraction of sp³-hybridized carbons (Fsp3) is 0.333. The summed E-state index contributed by atoms with van der Waals surface area (Å²) in [4.78, 5) is 30.8. The van der Waals surface area contributed by atoms with E-state index >= 15 is 0 Å². The van der Waals surface area contributed by atoms with Crippen molar-refractivity contribution in [3.63, 3.8) is 0 Å². The predicted octanol–water partition coefficient (Wildman–Crippen LogP) is 3.45. The van der Waals surface area contributed by atoms with Gasteiger partial charge in [0, 0.05) is 24.3 Å². The Labute approximate surface area is 196 Å². The van der Waals surface area contributed by atoms with Crippen LogP contribution in [0.4, 0.5) is 10.1 Å². The number of likely N-dealkylation sites (tertiary alicyclic amines) is 1. The summed E-state index contributed by atoms with van der Waals surface area (Å²) in [6, 6.07) is 8.99. The van der Waals surface area contributed by atoms with Crippen molar-refractivity contribution < 1.29 is 23.5 Å². The molecule has 0 radical (unpaired) electrons. The molecule has 3 aromatic rings. The quantitative estimate of drug-likeness (QED) is 0.545. The summed E-state index contributed by atoms with van der Waals surface area (Å²) in [5.74, 6) is -0.327. The highest BCUT2D eigenvalue weighted by molar-refractivity contribution is 6.04. The van der Waals surface area contributed by atoms with Gasteiger partial charge in [-0.3, -0.25) is 9.59 Å². The molecule has 0 bridgehead atoms. The van der Waals surface area contributed by atoms with Crippen molar-refractivity contribution in [2.75, 3.05) is 31.6 Å². The predicted molar refractivity (Wildman–Crippen MR) is 123 cm³/mol. The Balaban J connectivity index is 1.43. The number of amides is 2. The number of rotatable bonds is 8. The molecule has 1 N–H and O–H groups in total. The lowest BCUT2D eigenvalue weighted by Gasteiger charge is -2.26. The number of ether oxygens (including phenoxy) is 2. The van der Waals surface area contributed by atoms with E-state index in [1.807, 2.05) is 6.92 Å². The molecule has 2 heterocycles. The van der Waals surface area contributed by atoms with Crippen LogP contribution in [0, 0.1) is 5.82 Å². The lowest BCUT2D eigenvalue weighted by atomic mass is 10.1. The molecule has 0 aliphatic carbocycles. The standard InChI is InChI=1S/C24H26FN5O4/c1-2-33-22-12-17(6-9-21(22)34-14-23(31)29-10-4-3-5-11-29)24(32)28-18-7-8-20(19(25)13-18)30-16-26-15-27-30/h6-9,12-13,15-16H,2-5,10-11,14H2,1H3,(H,28,32). The molecule has 4 rings (SSSR count). The Bertz CT molecular complexity index is 1150. The van der Waals surface area contributed by atoms with Gasteiger partial charge in [0.1, 0.15) is 18.3 Å². The fourth-order valence-electron chi connectivity index (χ4n) is 3.72. The van der Waals surface area contributed by atoms with Gasteiger partial charge in [-0.2, -0.15) is 5.10 Å². The van der Waals surface area contributed by atoms with E-state index in [1.54, 1.807) is 29.2 Å². The van der Waals surface area contributed by atoms with Crippen molar-refractivity contribution in [3.05, 3.63) is 60.4 Å². The molecule has 10 heteroatoms. The van der Waals surface area contributed by atoms with Crippen LogP contribution in [0.3, 0.4) is 0 Å². The van der Waals surface area contributed by atoms with Crippen LogP contribution in [-0.4, -0.2) is 57.8 Å². The number of nitrogens with one attached hydrogen (secondary N) is 1. The molecule has 34 heavy (non-hydrogen) atoms. The highest BCUT2D eigenvalue weighted by Crippen LogP contribution is 2.29. The molecule has 1 saturated heterocycles. The van der Waals surface area contributed by atoms with Gasteiger partial charge in [0.25, 0.3) is 11.8 Å². The van der Waals surface area contributed by atoms with Crippen molar-refractivity contribution in [1.82, 2.24) is 19.7 Å². The first-order chi connectivity index (χ1) is 16.5. The smallest absolute Gasteiger partial charge is 0.260 e. The second-order valence-corrected chi connectivity index (χ2v) is 7.79. The SMILES string of the molecule is CCOc1cc(C(=O)Nc2ccc(-n3cncn3)c(F)c2)ccc1OCC(=O)N1CCCCC1. The molecule has 0 spiro atoms. The number of anilines is 1. The average Bonchev–Trinajstić information content (AvgIpc) is 3.38. The fourth-order valence-corrected chi connectivity index (χ4v) is 3.72. The van der Waals surface area contributed by atoms with Crippen LogP contribution in [0.5, 0.6) is 11.5 Å². The molecular formula is C24H26FN5O4. The Hall–Kier alpha value is -3.95. The Morgan fingerprint density at radius 2 is 1.88 bits per heavy atom. The maximum Gasteiger partial charge on any atom is 0.260 e. The monoisotopic (exact) mass is 467 g/mol. The van der Waals surface area contributed by atoms with Gasteiger partial charge in [0.05, 0.1) is 6.61 Å². The minimum atomic E-state index is -0.555. The van der Waals surface area contributed by atoms with Crippen LogP contribution >= 0.6 is 0 Å². The first-order valence-electron chi connectivity index (χ1n) is 11.2. The number of carbonyl (C=O) groups excluding carboxylic acids is 2. The van der Waals surface area contributed by atoms with E-state index in [-0.39, 0.29) is 23.9 Å². The van der Waals surface area contributed by atoms with Crippen LogP contribution in [0.15, 0.2) is 49.1 Å². The first-order valence-corrected chi connectivity index (χ1v) is 11.2. The third-order valence-electron chi connectivity index (χ3n) is 5.44. The molecule has 178 valence electrons. The Kier molecular flexibility index (Phi) is 7.36. The van der Waals surface area contributed by atoms with Crippen LogP contribution in [-0.2, 0) is 4.79 Å². The minimum Gasteiger partial charge on any atom is -0.490 e. The Morgan fingerprint density at radius 1 is 1.06 bits per heavy atom. The Morgan fingerprint density at radius 3 is 2.59 bits per heavy atom. The maximum atomic E-state index is 14.5. The zero-order chi connectivity index (χ0) is 23.9. The summed E-state index contributed by atoms with van der Waals surface area (Å²) in [5.41, 5.74) is 0.811. The van der Waals surface area contributed by atoms with Gasteiger partial charge in [-0.15, -0.1) is 0 Å². The zero-order valence-corrected chi connectivity index (χ0v) is 18.9. The average molecular weight is 468 g/mol. The summed E-state index contributed by atoms with van der Waals surface area (Å²) in [6.07, 6.45) is 5.85. The van der Waals surface area contributed by atoms with Crippen LogP contribution in [0.25, 0.3) is 5.69 Å². The molecule has 1 fully saturated rings. The third kappa shape index (κ3) is 5.51. The molecule has 2 aromatic carbocycles. The minimum absolute atomic E-state index is 0.0691. The molecule has 0 saturated carbocycles. The van der Waals surface area contributed by atoms with E-state index in [1.165, 1.54) is 29.5 Å². The molecule has 0 unspecified atom stereocenters. The third-order valence-corrected chi connectivity index (χ3v) is 5.44. The molecule has 2 amide bonds. The van der Waals surface area contributed by atoms with Gasteiger partial charge < -0.3 is 19.7 Å². The van der Waals surface area contributed by atoms with E-state index in [2.05, 4.69) is 15.4 Å². The van der Waals surface area contributed by atoms with E-state index in [0.717, 1.165) is 32.4 Å². The molecule has 1 aliphatic rings. The van der Waals surface area contributed by atoms with Gasteiger partial charge >= 0.3 is 0 Å².